The Morgan fingerprint density at radius 2 is 1.67 bits per heavy atom. The predicted molar refractivity (Wildman–Crippen MR) is 155 cm³/mol. The topological polar surface area (TPSA) is 64.3 Å². The Balaban J connectivity index is 1.32. The fourth-order valence-electron chi connectivity index (χ4n) is 5.60. The van der Waals surface area contributed by atoms with Gasteiger partial charge in [0.25, 0.3) is 0 Å². The van der Waals surface area contributed by atoms with E-state index in [2.05, 4.69) is 28.8 Å². The zero-order chi connectivity index (χ0) is 26.8. The van der Waals surface area contributed by atoms with Crippen LogP contribution in [0.2, 0.25) is 5.02 Å². The van der Waals surface area contributed by atoms with Crippen LogP contribution < -0.4 is 4.74 Å². The molecule has 1 saturated carbocycles. The summed E-state index contributed by atoms with van der Waals surface area (Å²) in [6.07, 6.45) is 5.71. The number of carboxylic acids is 1. The number of halogens is 1. The average molecular weight is 537 g/mol. The number of hydrogen-bond donors (Lipinski definition) is 1. The third kappa shape index (κ3) is 5.15. The van der Waals surface area contributed by atoms with Crippen molar-refractivity contribution < 1.29 is 14.6 Å². The first-order chi connectivity index (χ1) is 19.1. The number of ether oxygens (including phenoxy) is 1. The van der Waals surface area contributed by atoms with E-state index in [-0.39, 0.29) is 5.56 Å². The van der Waals surface area contributed by atoms with Crippen molar-refractivity contribution in [2.24, 2.45) is 0 Å². The summed E-state index contributed by atoms with van der Waals surface area (Å²) in [5.74, 6) is 0.490. The molecule has 1 aliphatic carbocycles. The lowest BCUT2D eigenvalue weighted by Gasteiger charge is -2.26. The van der Waals surface area contributed by atoms with Crippen molar-refractivity contribution in [1.29, 1.82) is 0 Å². The fraction of sp³-hybridized carbons (Fsp3) is 0.212. The lowest BCUT2D eigenvalue weighted by atomic mass is 9.94. The number of aromatic nitrogens is 2. The van der Waals surface area contributed by atoms with Gasteiger partial charge in [-0.15, -0.1) is 0 Å². The molecule has 5 aromatic rings. The molecule has 5 nitrogen and oxygen atoms in total. The van der Waals surface area contributed by atoms with E-state index < -0.39 is 5.97 Å². The zero-order valence-corrected chi connectivity index (χ0v) is 22.3. The Morgan fingerprint density at radius 1 is 0.897 bits per heavy atom. The largest absolute Gasteiger partial charge is 0.489 e. The van der Waals surface area contributed by atoms with Crippen molar-refractivity contribution >= 4 is 28.6 Å². The molecule has 6 rings (SSSR count). The number of nitrogens with zero attached hydrogens (tertiary/aromatic N) is 2. The molecule has 0 aliphatic heterocycles. The Kier molecular flexibility index (Phi) is 7.08. The van der Waals surface area contributed by atoms with Crippen molar-refractivity contribution in [3.05, 3.63) is 107 Å². The van der Waals surface area contributed by atoms with Gasteiger partial charge in [0, 0.05) is 11.6 Å². The molecule has 1 aromatic heterocycles. The van der Waals surface area contributed by atoms with Crippen LogP contribution in [0.3, 0.4) is 0 Å². The van der Waals surface area contributed by atoms with Crippen LogP contribution >= 0.6 is 11.6 Å². The molecule has 0 atom stereocenters. The molecule has 0 radical (unpaired) electrons. The van der Waals surface area contributed by atoms with Gasteiger partial charge in [-0.3, -0.25) is 0 Å². The van der Waals surface area contributed by atoms with Crippen LogP contribution in [0.15, 0.2) is 91.0 Å². The molecule has 0 amide bonds. The molecule has 1 fully saturated rings. The maximum Gasteiger partial charge on any atom is 0.335 e. The maximum atomic E-state index is 11.6. The van der Waals surface area contributed by atoms with Crippen LogP contribution in [0.25, 0.3) is 33.5 Å². The minimum Gasteiger partial charge on any atom is -0.489 e. The molecular formula is C33H29ClN2O3. The molecule has 39 heavy (non-hydrogen) atoms. The maximum absolute atomic E-state index is 11.6. The van der Waals surface area contributed by atoms with E-state index in [1.165, 1.54) is 19.3 Å². The number of imidazole rings is 1. The molecule has 1 heterocycles. The molecule has 1 N–H and O–H groups in total. The van der Waals surface area contributed by atoms with E-state index in [4.69, 9.17) is 21.3 Å². The number of fused-ring (bicyclic) bond motifs is 1. The van der Waals surface area contributed by atoms with Gasteiger partial charge >= 0.3 is 5.97 Å². The predicted octanol–water partition coefficient (Wildman–Crippen LogP) is 8.81. The zero-order valence-electron chi connectivity index (χ0n) is 21.5. The number of carbonyl (C=O) groups is 1. The second-order valence-corrected chi connectivity index (χ2v) is 10.5. The molecular weight excluding hydrogens is 508 g/mol. The Labute approximate surface area is 232 Å². The van der Waals surface area contributed by atoms with Gasteiger partial charge in [-0.05, 0) is 65.9 Å². The minimum atomic E-state index is -0.959. The summed E-state index contributed by atoms with van der Waals surface area (Å²) < 4.78 is 8.46. The van der Waals surface area contributed by atoms with Crippen LogP contribution in [0, 0.1) is 0 Å². The van der Waals surface area contributed by atoms with Gasteiger partial charge < -0.3 is 14.4 Å². The van der Waals surface area contributed by atoms with Crippen LogP contribution in [0.5, 0.6) is 5.75 Å². The fourth-order valence-corrected chi connectivity index (χ4v) is 5.86. The van der Waals surface area contributed by atoms with Gasteiger partial charge in [-0.1, -0.05) is 85.5 Å². The third-order valence-electron chi connectivity index (χ3n) is 7.55. The third-order valence-corrected chi connectivity index (χ3v) is 7.87. The summed E-state index contributed by atoms with van der Waals surface area (Å²) in [5, 5.41) is 10.1. The summed E-state index contributed by atoms with van der Waals surface area (Å²) in [4.78, 5) is 16.5. The van der Waals surface area contributed by atoms with Crippen LogP contribution in [-0.4, -0.2) is 20.6 Å². The van der Waals surface area contributed by atoms with Crippen LogP contribution in [0.1, 0.15) is 54.1 Å². The molecule has 0 bridgehead atoms. The monoisotopic (exact) mass is 536 g/mol. The van der Waals surface area contributed by atoms with Crippen LogP contribution in [-0.2, 0) is 6.61 Å². The van der Waals surface area contributed by atoms with Gasteiger partial charge in [-0.25, -0.2) is 9.78 Å². The normalized spacial score (nSPS) is 14.0. The SMILES string of the molecule is O=C(O)c1ccc2c(c1)nc(-c1ccc(OCc3ccccc3-c3ccccc3)cc1Cl)n2C1CCCCC1. The number of aromatic carboxylic acids is 1. The molecule has 0 spiro atoms. The lowest BCUT2D eigenvalue weighted by molar-refractivity contribution is 0.0697. The number of carboxylic acid groups (broad SMARTS) is 1. The average Bonchev–Trinajstić information content (AvgIpc) is 3.35. The quantitative estimate of drug-likeness (QED) is 0.226. The Hall–Kier alpha value is -4.09. The minimum absolute atomic E-state index is 0.230. The van der Waals surface area contributed by atoms with Crippen molar-refractivity contribution in [2.75, 3.05) is 0 Å². The van der Waals surface area contributed by atoms with Gasteiger partial charge in [0.05, 0.1) is 21.6 Å². The molecule has 1 aliphatic rings. The number of rotatable bonds is 7. The molecule has 0 unspecified atom stereocenters. The highest BCUT2D eigenvalue weighted by Crippen LogP contribution is 2.39. The Morgan fingerprint density at radius 3 is 2.44 bits per heavy atom. The standard InChI is InChI=1S/C33H29ClN2O3/c34-29-20-26(39-21-24-11-7-8-14-27(24)22-9-3-1-4-10-22)16-17-28(29)32-35-30-19-23(33(37)38)15-18-31(30)36(32)25-12-5-2-6-13-25/h1,3-4,7-11,14-20,25H,2,5-6,12-13,21H2,(H,37,38). The molecule has 0 saturated heterocycles. The lowest BCUT2D eigenvalue weighted by Crippen LogP contribution is -2.14. The molecule has 6 heteroatoms. The van der Waals surface area contributed by atoms with Crippen molar-refractivity contribution in [3.8, 4) is 28.3 Å². The summed E-state index contributed by atoms with van der Waals surface area (Å²) in [6, 6.07) is 29.7. The highest BCUT2D eigenvalue weighted by molar-refractivity contribution is 6.33. The smallest absolute Gasteiger partial charge is 0.335 e. The molecule has 196 valence electrons. The number of benzene rings is 4. The Bertz CT molecular complexity index is 1640. The van der Waals surface area contributed by atoms with Crippen molar-refractivity contribution in [3.63, 3.8) is 0 Å². The van der Waals surface area contributed by atoms with E-state index in [1.54, 1.807) is 12.1 Å². The van der Waals surface area contributed by atoms with Gasteiger partial charge in [-0.2, -0.15) is 0 Å². The van der Waals surface area contributed by atoms with E-state index >= 15 is 0 Å². The van der Waals surface area contributed by atoms with Gasteiger partial charge in [0.15, 0.2) is 0 Å². The van der Waals surface area contributed by atoms with Gasteiger partial charge in [0.1, 0.15) is 18.2 Å². The van der Waals surface area contributed by atoms with E-state index in [0.29, 0.717) is 28.9 Å². The summed E-state index contributed by atoms with van der Waals surface area (Å²) in [7, 11) is 0. The van der Waals surface area contributed by atoms with E-state index in [9.17, 15) is 9.90 Å². The highest BCUT2D eigenvalue weighted by atomic mass is 35.5. The van der Waals surface area contributed by atoms with E-state index in [0.717, 1.165) is 46.4 Å². The highest BCUT2D eigenvalue weighted by Gasteiger charge is 2.24. The summed E-state index contributed by atoms with van der Waals surface area (Å²) in [6.45, 7) is 0.416. The number of hydrogen-bond acceptors (Lipinski definition) is 3. The first-order valence-corrected chi connectivity index (χ1v) is 13.8. The van der Waals surface area contributed by atoms with Crippen LogP contribution in [0.4, 0.5) is 0 Å². The van der Waals surface area contributed by atoms with Crippen molar-refractivity contribution in [1.82, 2.24) is 9.55 Å². The second-order valence-electron chi connectivity index (χ2n) is 10.1. The van der Waals surface area contributed by atoms with E-state index in [1.807, 2.05) is 54.6 Å². The first-order valence-electron chi connectivity index (χ1n) is 13.4. The van der Waals surface area contributed by atoms with Gasteiger partial charge in [0.2, 0.25) is 0 Å². The first kappa shape index (κ1) is 25.2. The summed E-state index contributed by atoms with van der Waals surface area (Å²) in [5.41, 5.74) is 6.04. The molecule has 4 aromatic carbocycles. The second kappa shape index (κ2) is 11.0. The van der Waals surface area contributed by atoms with Crippen molar-refractivity contribution in [2.45, 2.75) is 44.8 Å². The summed E-state index contributed by atoms with van der Waals surface area (Å²) >= 11 is 6.87.